The normalized spacial score (nSPS) is 10.9. The fourth-order valence-corrected chi connectivity index (χ4v) is 2.50. The first kappa shape index (κ1) is 8.57. The number of rotatable bonds is 1. The summed E-state index contributed by atoms with van der Waals surface area (Å²) in [5.41, 5.74) is 1.04. The van der Waals surface area contributed by atoms with Crippen LogP contribution in [0.1, 0.15) is 17.4 Å². The van der Waals surface area contributed by atoms with Gasteiger partial charge in [0.25, 0.3) is 0 Å². The molecule has 1 heterocycles. The molecule has 0 spiro atoms. The molecule has 1 aromatic heterocycles. The predicted octanol–water partition coefficient (Wildman–Crippen LogP) is 3.48. The minimum atomic E-state index is 0.424. The van der Waals surface area contributed by atoms with Crippen molar-refractivity contribution in [2.45, 2.75) is 20.3 Å². The summed E-state index contributed by atoms with van der Waals surface area (Å²) in [6.07, 6.45) is 0.888. The highest BCUT2D eigenvalue weighted by atomic mass is 32.1. The Morgan fingerprint density at radius 3 is 2.77 bits per heavy atom. The van der Waals surface area contributed by atoms with Gasteiger partial charge in [0.2, 0.25) is 0 Å². The third-order valence-corrected chi connectivity index (χ3v) is 3.23. The molecular weight excluding hydrogens is 180 g/mol. The van der Waals surface area contributed by atoms with Gasteiger partial charge in [0.15, 0.2) is 0 Å². The van der Waals surface area contributed by atoms with E-state index >= 15 is 0 Å². The van der Waals surface area contributed by atoms with E-state index in [2.05, 4.69) is 26.0 Å². The van der Waals surface area contributed by atoms with Gasteiger partial charge in [-0.05, 0) is 42.5 Å². The maximum atomic E-state index is 9.62. The van der Waals surface area contributed by atoms with Gasteiger partial charge in [-0.3, -0.25) is 0 Å². The van der Waals surface area contributed by atoms with E-state index in [-0.39, 0.29) is 0 Å². The van der Waals surface area contributed by atoms with Crippen LogP contribution in [0.2, 0.25) is 0 Å². The summed E-state index contributed by atoms with van der Waals surface area (Å²) in [4.78, 5) is 1.29. The van der Waals surface area contributed by atoms with Crippen molar-refractivity contribution in [3.8, 4) is 5.75 Å². The van der Waals surface area contributed by atoms with Gasteiger partial charge >= 0.3 is 0 Å². The third-order valence-electron chi connectivity index (χ3n) is 2.22. The molecule has 0 saturated heterocycles. The molecule has 0 radical (unpaired) electrons. The maximum Gasteiger partial charge on any atom is 0.119 e. The van der Waals surface area contributed by atoms with Crippen LogP contribution in [-0.2, 0) is 6.42 Å². The number of hydrogen-bond acceptors (Lipinski definition) is 2. The monoisotopic (exact) mass is 192 g/mol. The van der Waals surface area contributed by atoms with Crippen LogP contribution < -0.4 is 0 Å². The van der Waals surface area contributed by atoms with Crippen LogP contribution in [0.15, 0.2) is 18.2 Å². The SMILES string of the molecule is CCc1cc2sc(C)cc2cc1O. The summed E-state index contributed by atoms with van der Waals surface area (Å²) in [5, 5.41) is 10.8. The summed E-state index contributed by atoms with van der Waals surface area (Å²) in [6, 6.07) is 6.05. The molecule has 1 N–H and O–H groups in total. The molecule has 0 atom stereocenters. The first-order valence-electron chi connectivity index (χ1n) is 4.42. The van der Waals surface area contributed by atoms with E-state index in [1.165, 1.54) is 9.58 Å². The van der Waals surface area contributed by atoms with Crippen LogP contribution in [0.3, 0.4) is 0 Å². The molecule has 0 bridgehead atoms. The number of aromatic hydroxyl groups is 1. The van der Waals surface area contributed by atoms with Crippen LogP contribution in [0, 0.1) is 6.92 Å². The van der Waals surface area contributed by atoms with Crippen LogP contribution in [0.25, 0.3) is 10.1 Å². The molecule has 2 aromatic rings. The predicted molar refractivity (Wildman–Crippen MR) is 57.6 cm³/mol. The zero-order valence-electron chi connectivity index (χ0n) is 7.79. The largest absolute Gasteiger partial charge is 0.508 e. The highest BCUT2D eigenvalue weighted by molar-refractivity contribution is 7.19. The molecule has 2 heteroatoms. The van der Waals surface area contributed by atoms with Crippen LogP contribution in [0.4, 0.5) is 0 Å². The van der Waals surface area contributed by atoms with E-state index in [1.807, 2.05) is 6.07 Å². The first-order valence-corrected chi connectivity index (χ1v) is 5.24. The third kappa shape index (κ3) is 1.42. The molecule has 1 nitrogen and oxygen atoms in total. The second-order valence-corrected chi connectivity index (χ2v) is 4.52. The Morgan fingerprint density at radius 1 is 1.31 bits per heavy atom. The number of fused-ring (bicyclic) bond motifs is 1. The molecular formula is C11H12OS. The van der Waals surface area contributed by atoms with E-state index in [0.717, 1.165) is 17.4 Å². The Hall–Kier alpha value is -1.02. The van der Waals surface area contributed by atoms with Crippen LogP contribution in [0.5, 0.6) is 5.75 Å². The van der Waals surface area contributed by atoms with Gasteiger partial charge < -0.3 is 5.11 Å². The van der Waals surface area contributed by atoms with E-state index in [1.54, 1.807) is 11.3 Å². The molecule has 1 aromatic carbocycles. The molecule has 2 rings (SSSR count). The Morgan fingerprint density at radius 2 is 2.08 bits per heavy atom. The number of aryl methyl sites for hydroxylation is 2. The van der Waals surface area contributed by atoms with Crippen LogP contribution >= 0.6 is 11.3 Å². The van der Waals surface area contributed by atoms with Gasteiger partial charge in [0.1, 0.15) is 5.75 Å². The fraction of sp³-hybridized carbons (Fsp3) is 0.273. The molecule has 0 amide bonds. The first-order chi connectivity index (χ1) is 6.20. The lowest BCUT2D eigenvalue weighted by Crippen LogP contribution is -1.79. The van der Waals surface area contributed by atoms with Crippen molar-refractivity contribution < 1.29 is 5.11 Å². The highest BCUT2D eigenvalue weighted by Gasteiger charge is 2.04. The molecule has 0 aliphatic heterocycles. The minimum Gasteiger partial charge on any atom is -0.508 e. The molecule has 0 fully saturated rings. The van der Waals surface area contributed by atoms with Gasteiger partial charge in [-0.2, -0.15) is 0 Å². The quantitative estimate of drug-likeness (QED) is 0.733. The van der Waals surface area contributed by atoms with Crippen molar-refractivity contribution in [3.63, 3.8) is 0 Å². The van der Waals surface area contributed by atoms with Gasteiger partial charge in [-0.25, -0.2) is 0 Å². The van der Waals surface area contributed by atoms with Gasteiger partial charge in [-0.1, -0.05) is 6.92 Å². The summed E-state index contributed by atoms with van der Waals surface area (Å²) in [6.45, 7) is 4.15. The standard InChI is InChI=1S/C11H12OS/c1-3-8-6-11-9(5-10(8)12)4-7(2)13-11/h4-6,12H,3H2,1-2H3. The molecule has 0 aliphatic carbocycles. The summed E-state index contributed by atoms with van der Waals surface area (Å²) in [5.74, 6) is 0.424. The molecule has 0 saturated carbocycles. The zero-order chi connectivity index (χ0) is 9.42. The topological polar surface area (TPSA) is 20.2 Å². The Labute approximate surface area is 81.6 Å². The Bertz CT molecular complexity index is 443. The fourth-order valence-electron chi connectivity index (χ4n) is 1.53. The molecule has 0 aliphatic rings. The molecule has 68 valence electrons. The van der Waals surface area contributed by atoms with Gasteiger partial charge in [0, 0.05) is 9.58 Å². The van der Waals surface area contributed by atoms with Crippen molar-refractivity contribution in [2.24, 2.45) is 0 Å². The lowest BCUT2D eigenvalue weighted by Gasteiger charge is -2.00. The van der Waals surface area contributed by atoms with Crippen molar-refractivity contribution in [1.82, 2.24) is 0 Å². The number of phenolic OH excluding ortho intramolecular Hbond substituents is 1. The van der Waals surface area contributed by atoms with Gasteiger partial charge in [-0.15, -0.1) is 11.3 Å². The van der Waals surface area contributed by atoms with Gasteiger partial charge in [0.05, 0.1) is 0 Å². The second-order valence-electron chi connectivity index (χ2n) is 3.23. The van der Waals surface area contributed by atoms with Crippen molar-refractivity contribution >= 4 is 21.4 Å². The number of thiophene rings is 1. The van der Waals surface area contributed by atoms with Crippen LogP contribution in [-0.4, -0.2) is 5.11 Å². The van der Waals surface area contributed by atoms with E-state index in [0.29, 0.717) is 5.75 Å². The van der Waals surface area contributed by atoms with Crippen molar-refractivity contribution in [3.05, 3.63) is 28.6 Å². The lowest BCUT2D eigenvalue weighted by molar-refractivity contribution is 0.470. The number of hydrogen-bond donors (Lipinski definition) is 1. The molecule has 0 unspecified atom stereocenters. The van der Waals surface area contributed by atoms with Crippen molar-refractivity contribution in [2.75, 3.05) is 0 Å². The highest BCUT2D eigenvalue weighted by Crippen LogP contribution is 2.31. The Balaban J connectivity index is 2.72. The summed E-state index contributed by atoms with van der Waals surface area (Å²) < 4.78 is 1.27. The Kier molecular flexibility index (Phi) is 2.00. The minimum absolute atomic E-state index is 0.424. The average Bonchev–Trinajstić information content (AvgIpc) is 2.42. The molecule has 13 heavy (non-hydrogen) atoms. The zero-order valence-corrected chi connectivity index (χ0v) is 8.61. The lowest BCUT2D eigenvalue weighted by atomic mass is 10.1. The summed E-state index contributed by atoms with van der Waals surface area (Å²) >= 11 is 1.78. The van der Waals surface area contributed by atoms with E-state index < -0.39 is 0 Å². The van der Waals surface area contributed by atoms with Crippen molar-refractivity contribution in [1.29, 1.82) is 0 Å². The number of benzene rings is 1. The maximum absolute atomic E-state index is 9.62. The van der Waals surface area contributed by atoms with E-state index in [9.17, 15) is 5.11 Å². The van der Waals surface area contributed by atoms with E-state index in [4.69, 9.17) is 0 Å². The number of phenols is 1. The summed E-state index contributed by atoms with van der Waals surface area (Å²) in [7, 11) is 0. The average molecular weight is 192 g/mol. The second kappa shape index (κ2) is 3.04. The smallest absolute Gasteiger partial charge is 0.119 e.